The fourth-order valence-electron chi connectivity index (χ4n) is 3.19. The normalized spacial score (nSPS) is 16.6. The van der Waals surface area contributed by atoms with Crippen molar-refractivity contribution in [2.45, 2.75) is 19.0 Å². The van der Waals surface area contributed by atoms with Gasteiger partial charge in [0.1, 0.15) is 5.75 Å². The summed E-state index contributed by atoms with van der Waals surface area (Å²) in [5.41, 5.74) is 0.822. The van der Waals surface area contributed by atoms with Crippen LogP contribution in [-0.4, -0.2) is 42.7 Å². The fraction of sp³-hybridized carbons (Fsp3) is 0.333. The number of hydrogen-bond donors (Lipinski definition) is 2. The highest BCUT2D eigenvalue weighted by Crippen LogP contribution is 2.28. The molecule has 0 bridgehead atoms. The molecule has 30 heavy (non-hydrogen) atoms. The molecule has 1 saturated heterocycles. The smallest absolute Gasteiger partial charge is 0.422 e. The highest BCUT2D eigenvalue weighted by molar-refractivity contribution is 5.95. The number of hydrogen-bond acceptors (Lipinski definition) is 3. The van der Waals surface area contributed by atoms with Crippen LogP contribution in [0, 0.1) is 5.92 Å². The summed E-state index contributed by atoms with van der Waals surface area (Å²) in [5.74, 6) is -0.899. The summed E-state index contributed by atoms with van der Waals surface area (Å²) >= 11 is 0. The van der Waals surface area contributed by atoms with E-state index in [1.165, 1.54) is 18.2 Å². The van der Waals surface area contributed by atoms with Crippen LogP contribution < -0.4 is 15.4 Å². The lowest BCUT2D eigenvalue weighted by molar-refractivity contribution is -0.153. The number of rotatable bonds is 5. The van der Waals surface area contributed by atoms with Crippen molar-refractivity contribution in [3.8, 4) is 5.75 Å². The Kier molecular flexibility index (Phi) is 6.81. The molecule has 1 heterocycles. The molecule has 0 spiro atoms. The molecule has 1 aliphatic heterocycles. The van der Waals surface area contributed by atoms with Crippen molar-refractivity contribution >= 4 is 23.3 Å². The number of ether oxygens (including phenoxy) is 1. The minimum absolute atomic E-state index is 0.0577. The third kappa shape index (κ3) is 6.13. The summed E-state index contributed by atoms with van der Waals surface area (Å²) in [6.45, 7) is -0.708. The van der Waals surface area contributed by atoms with Gasteiger partial charge in [0, 0.05) is 18.8 Å². The number of benzene rings is 2. The maximum absolute atomic E-state index is 12.7. The minimum atomic E-state index is -4.48. The molecule has 2 aromatic carbocycles. The maximum Gasteiger partial charge on any atom is 0.422 e. The van der Waals surface area contributed by atoms with Crippen LogP contribution in [0.25, 0.3) is 0 Å². The van der Waals surface area contributed by atoms with E-state index in [4.69, 9.17) is 4.74 Å². The number of carbonyl (C=O) groups is 2. The van der Waals surface area contributed by atoms with E-state index >= 15 is 0 Å². The maximum atomic E-state index is 12.7. The van der Waals surface area contributed by atoms with E-state index in [1.54, 1.807) is 35.2 Å². The van der Waals surface area contributed by atoms with Crippen LogP contribution in [0.3, 0.4) is 0 Å². The number of nitrogens with zero attached hydrogens (tertiary/aromatic N) is 1. The van der Waals surface area contributed by atoms with Crippen LogP contribution >= 0.6 is 0 Å². The van der Waals surface area contributed by atoms with Gasteiger partial charge >= 0.3 is 12.2 Å². The second kappa shape index (κ2) is 9.51. The topological polar surface area (TPSA) is 70.7 Å². The average molecular weight is 421 g/mol. The van der Waals surface area contributed by atoms with Gasteiger partial charge in [-0.25, -0.2) is 4.79 Å². The molecular formula is C21H22F3N3O3. The number of urea groups is 1. The van der Waals surface area contributed by atoms with Gasteiger partial charge in [-0.3, -0.25) is 4.79 Å². The number of para-hydroxylation sites is 3. The van der Waals surface area contributed by atoms with E-state index < -0.39 is 18.7 Å². The zero-order valence-electron chi connectivity index (χ0n) is 16.1. The van der Waals surface area contributed by atoms with Crippen LogP contribution in [0.2, 0.25) is 0 Å². The molecule has 6 nitrogen and oxygen atoms in total. The highest BCUT2D eigenvalue weighted by Gasteiger charge is 2.30. The molecule has 0 unspecified atom stereocenters. The van der Waals surface area contributed by atoms with Crippen LogP contribution in [0.15, 0.2) is 54.6 Å². The molecule has 0 saturated carbocycles. The predicted molar refractivity (Wildman–Crippen MR) is 106 cm³/mol. The molecule has 9 heteroatoms. The van der Waals surface area contributed by atoms with Crippen LogP contribution in [0.5, 0.6) is 5.75 Å². The lowest BCUT2D eigenvalue weighted by Gasteiger charge is -2.32. The number of amides is 3. The Morgan fingerprint density at radius 2 is 1.73 bits per heavy atom. The van der Waals surface area contributed by atoms with Crippen LogP contribution in [-0.2, 0) is 4.79 Å². The first-order chi connectivity index (χ1) is 14.3. The molecule has 0 aliphatic carbocycles. The van der Waals surface area contributed by atoms with Crippen LogP contribution in [0.4, 0.5) is 29.3 Å². The molecule has 1 fully saturated rings. The number of nitrogens with one attached hydrogen (secondary N) is 2. The van der Waals surface area contributed by atoms with Crippen molar-refractivity contribution in [2.75, 3.05) is 30.3 Å². The summed E-state index contributed by atoms with van der Waals surface area (Å²) in [4.78, 5) is 26.7. The summed E-state index contributed by atoms with van der Waals surface area (Å²) in [6.07, 6.45) is -3.26. The SMILES string of the molecule is O=C(Nc1ccccc1OCC(F)(F)F)[C@H]1CCCN(C(=O)Nc2ccccc2)C1. The van der Waals surface area contributed by atoms with Gasteiger partial charge in [0.05, 0.1) is 11.6 Å². The molecule has 0 radical (unpaired) electrons. The molecule has 1 aliphatic rings. The first-order valence-corrected chi connectivity index (χ1v) is 9.52. The minimum Gasteiger partial charge on any atom is -0.482 e. The quantitative estimate of drug-likeness (QED) is 0.746. The van der Waals surface area contributed by atoms with Crippen molar-refractivity contribution in [1.82, 2.24) is 4.90 Å². The zero-order chi connectivity index (χ0) is 21.6. The van der Waals surface area contributed by atoms with E-state index in [1.807, 2.05) is 6.07 Å². The lowest BCUT2D eigenvalue weighted by atomic mass is 9.97. The number of carbonyl (C=O) groups excluding carboxylic acids is 2. The summed E-state index contributed by atoms with van der Waals surface area (Å²) < 4.78 is 42.1. The Bertz CT molecular complexity index is 875. The molecule has 3 amide bonds. The molecule has 3 rings (SSSR count). The second-order valence-electron chi connectivity index (χ2n) is 6.97. The summed E-state index contributed by atoms with van der Waals surface area (Å²) in [7, 11) is 0. The summed E-state index contributed by atoms with van der Waals surface area (Å²) in [6, 6.07) is 14.6. The van der Waals surface area contributed by atoms with Crippen molar-refractivity contribution in [2.24, 2.45) is 5.92 Å². The third-order valence-electron chi connectivity index (χ3n) is 4.64. The Labute approximate surface area is 172 Å². The van der Waals surface area contributed by atoms with Gasteiger partial charge in [0.2, 0.25) is 5.91 Å². The van der Waals surface area contributed by atoms with Gasteiger partial charge in [0.15, 0.2) is 6.61 Å². The largest absolute Gasteiger partial charge is 0.482 e. The molecule has 2 aromatic rings. The standard InChI is InChI=1S/C21H22F3N3O3/c22-21(23,24)14-30-18-11-5-4-10-17(18)26-19(28)15-7-6-12-27(13-15)20(29)25-16-8-2-1-3-9-16/h1-5,8-11,15H,6-7,12-14H2,(H,25,29)(H,26,28)/t15-/m0/s1. The van der Waals surface area contributed by atoms with Gasteiger partial charge in [-0.05, 0) is 37.1 Å². The first-order valence-electron chi connectivity index (χ1n) is 9.52. The van der Waals surface area contributed by atoms with Gasteiger partial charge in [-0.15, -0.1) is 0 Å². The fourth-order valence-corrected chi connectivity index (χ4v) is 3.19. The van der Waals surface area contributed by atoms with E-state index in [-0.39, 0.29) is 29.9 Å². The Morgan fingerprint density at radius 3 is 2.47 bits per heavy atom. The van der Waals surface area contributed by atoms with E-state index in [9.17, 15) is 22.8 Å². The third-order valence-corrected chi connectivity index (χ3v) is 4.64. The van der Waals surface area contributed by atoms with Crippen LogP contribution in [0.1, 0.15) is 12.8 Å². The number of piperidine rings is 1. The van der Waals surface area contributed by atoms with E-state index in [0.29, 0.717) is 25.1 Å². The monoisotopic (exact) mass is 421 g/mol. The zero-order valence-corrected chi connectivity index (χ0v) is 16.1. The number of halogens is 3. The number of alkyl halides is 3. The van der Waals surface area contributed by atoms with Crippen molar-refractivity contribution < 1.29 is 27.5 Å². The van der Waals surface area contributed by atoms with Gasteiger partial charge in [0.25, 0.3) is 0 Å². The van der Waals surface area contributed by atoms with Crippen molar-refractivity contribution in [3.63, 3.8) is 0 Å². The van der Waals surface area contributed by atoms with E-state index in [2.05, 4.69) is 10.6 Å². The Morgan fingerprint density at radius 1 is 1.03 bits per heavy atom. The van der Waals surface area contributed by atoms with Gasteiger partial charge < -0.3 is 20.3 Å². The molecule has 160 valence electrons. The molecule has 0 aromatic heterocycles. The summed E-state index contributed by atoms with van der Waals surface area (Å²) in [5, 5.41) is 5.43. The molecule has 2 N–H and O–H groups in total. The Balaban J connectivity index is 1.60. The molecule has 1 atom stereocenters. The number of anilines is 2. The average Bonchev–Trinajstić information content (AvgIpc) is 2.73. The number of likely N-dealkylation sites (tertiary alicyclic amines) is 1. The van der Waals surface area contributed by atoms with Gasteiger partial charge in [-0.2, -0.15) is 13.2 Å². The first kappa shape index (κ1) is 21.5. The Hall–Kier alpha value is -3.23. The van der Waals surface area contributed by atoms with Crippen molar-refractivity contribution in [3.05, 3.63) is 54.6 Å². The highest BCUT2D eigenvalue weighted by atomic mass is 19.4. The molecular weight excluding hydrogens is 399 g/mol. The second-order valence-corrected chi connectivity index (χ2v) is 6.97. The predicted octanol–water partition coefficient (Wildman–Crippen LogP) is 4.51. The van der Waals surface area contributed by atoms with Gasteiger partial charge in [-0.1, -0.05) is 30.3 Å². The van der Waals surface area contributed by atoms with E-state index in [0.717, 1.165) is 0 Å². The lowest BCUT2D eigenvalue weighted by Crippen LogP contribution is -2.45. The van der Waals surface area contributed by atoms with Crippen molar-refractivity contribution in [1.29, 1.82) is 0 Å².